The van der Waals surface area contributed by atoms with Crippen molar-refractivity contribution in [2.45, 2.75) is 25.3 Å². The van der Waals surface area contributed by atoms with Gasteiger partial charge in [0.05, 0.1) is 0 Å². The summed E-state index contributed by atoms with van der Waals surface area (Å²) in [5.41, 5.74) is 7.45. The zero-order valence-corrected chi connectivity index (χ0v) is 12.6. The molecule has 0 aromatic heterocycles. The number of nitrogens with one attached hydrogen (secondary N) is 1. The lowest BCUT2D eigenvalue weighted by atomic mass is 9.88. The third-order valence-electron chi connectivity index (χ3n) is 3.70. The standard InChI is InChI=1S/C15H22ClN3O/c1-11(20)18-6-7-19-9-13(8-15(17)10-19)12-2-4-14(16)5-3-12/h2-5,13,15H,6-10,17H2,1H3,(H,18,20). The van der Waals surface area contributed by atoms with Crippen LogP contribution in [0.5, 0.6) is 0 Å². The van der Waals surface area contributed by atoms with Crippen LogP contribution in [-0.2, 0) is 4.79 Å². The first kappa shape index (κ1) is 15.3. The van der Waals surface area contributed by atoms with Gasteiger partial charge < -0.3 is 11.1 Å². The third kappa shape index (κ3) is 4.47. The van der Waals surface area contributed by atoms with Gasteiger partial charge in [-0.25, -0.2) is 0 Å². The van der Waals surface area contributed by atoms with Crippen LogP contribution in [-0.4, -0.2) is 43.0 Å². The van der Waals surface area contributed by atoms with Gasteiger partial charge in [-0.05, 0) is 30.0 Å². The topological polar surface area (TPSA) is 58.4 Å². The van der Waals surface area contributed by atoms with Gasteiger partial charge in [0.2, 0.25) is 5.91 Å². The molecule has 20 heavy (non-hydrogen) atoms. The van der Waals surface area contributed by atoms with Crippen LogP contribution in [0.15, 0.2) is 24.3 Å². The summed E-state index contributed by atoms with van der Waals surface area (Å²) in [5.74, 6) is 0.453. The molecule has 1 heterocycles. The molecule has 1 aromatic carbocycles. The Hall–Kier alpha value is -1.10. The molecule has 0 bridgehead atoms. The minimum Gasteiger partial charge on any atom is -0.355 e. The first-order valence-corrected chi connectivity index (χ1v) is 7.40. The van der Waals surface area contributed by atoms with Gasteiger partial charge in [0.25, 0.3) is 0 Å². The average molecular weight is 296 g/mol. The largest absolute Gasteiger partial charge is 0.355 e. The minimum absolute atomic E-state index is 0.0144. The molecule has 3 N–H and O–H groups in total. The summed E-state index contributed by atoms with van der Waals surface area (Å²) < 4.78 is 0. The molecule has 1 aromatic rings. The van der Waals surface area contributed by atoms with Crippen molar-refractivity contribution in [3.05, 3.63) is 34.9 Å². The number of benzene rings is 1. The molecule has 5 heteroatoms. The Morgan fingerprint density at radius 3 is 2.75 bits per heavy atom. The van der Waals surface area contributed by atoms with Crippen LogP contribution in [0.25, 0.3) is 0 Å². The van der Waals surface area contributed by atoms with Crippen LogP contribution in [0.2, 0.25) is 5.02 Å². The highest BCUT2D eigenvalue weighted by atomic mass is 35.5. The van der Waals surface area contributed by atoms with Gasteiger partial charge in [-0.3, -0.25) is 9.69 Å². The van der Waals surface area contributed by atoms with Crippen LogP contribution in [0, 0.1) is 0 Å². The van der Waals surface area contributed by atoms with Gasteiger partial charge in [-0.15, -0.1) is 0 Å². The van der Waals surface area contributed by atoms with Crippen molar-refractivity contribution in [1.29, 1.82) is 0 Å². The predicted molar refractivity (Wildman–Crippen MR) is 81.9 cm³/mol. The molecular formula is C15H22ClN3O. The fraction of sp³-hybridized carbons (Fsp3) is 0.533. The second kappa shape index (κ2) is 7.07. The first-order valence-electron chi connectivity index (χ1n) is 7.02. The molecule has 0 radical (unpaired) electrons. The van der Waals surface area contributed by atoms with E-state index in [1.807, 2.05) is 12.1 Å². The van der Waals surface area contributed by atoms with E-state index in [2.05, 4.69) is 22.3 Å². The van der Waals surface area contributed by atoms with Crippen molar-refractivity contribution < 1.29 is 4.79 Å². The SMILES string of the molecule is CC(=O)NCCN1CC(N)CC(c2ccc(Cl)cc2)C1. The molecule has 0 aliphatic carbocycles. The van der Waals surface area contributed by atoms with Crippen LogP contribution in [0.1, 0.15) is 24.8 Å². The molecule has 1 aliphatic heterocycles. The van der Waals surface area contributed by atoms with Crippen LogP contribution < -0.4 is 11.1 Å². The van der Waals surface area contributed by atoms with Gasteiger partial charge in [0, 0.05) is 44.2 Å². The molecule has 1 fully saturated rings. The summed E-state index contributed by atoms with van der Waals surface area (Å²) in [6, 6.07) is 8.20. The number of carbonyl (C=O) groups excluding carboxylic acids is 1. The molecule has 2 rings (SSSR count). The smallest absolute Gasteiger partial charge is 0.216 e. The summed E-state index contributed by atoms with van der Waals surface area (Å²) in [6.07, 6.45) is 0.998. The number of nitrogens with zero attached hydrogens (tertiary/aromatic N) is 1. The Morgan fingerprint density at radius 2 is 2.10 bits per heavy atom. The minimum atomic E-state index is 0.0144. The van der Waals surface area contributed by atoms with E-state index in [-0.39, 0.29) is 11.9 Å². The lowest BCUT2D eigenvalue weighted by molar-refractivity contribution is -0.119. The number of amides is 1. The number of carbonyl (C=O) groups is 1. The number of nitrogens with two attached hydrogens (primary N) is 1. The molecule has 0 spiro atoms. The van der Waals surface area contributed by atoms with Crippen molar-refractivity contribution in [2.75, 3.05) is 26.2 Å². The Labute approximate surface area is 125 Å². The Kier molecular flexibility index (Phi) is 5.40. The van der Waals surface area contributed by atoms with E-state index in [1.54, 1.807) is 6.92 Å². The van der Waals surface area contributed by atoms with Crippen molar-refractivity contribution in [1.82, 2.24) is 10.2 Å². The van der Waals surface area contributed by atoms with Crippen LogP contribution >= 0.6 is 11.6 Å². The molecular weight excluding hydrogens is 274 g/mol. The first-order chi connectivity index (χ1) is 9.54. The molecule has 4 nitrogen and oxygen atoms in total. The number of likely N-dealkylation sites (tertiary alicyclic amines) is 1. The number of halogens is 1. The van der Waals surface area contributed by atoms with Gasteiger partial charge in [-0.1, -0.05) is 23.7 Å². The van der Waals surface area contributed by atoms with E-state index in [4.69, 9.17) is 17.3 Å². The summed E-state index contributed by atoms with van der Waals surface area (Å²) >= 11 is 5.93. The van der Waals surface area contributed by atoms with Gasteiger partial charge >= 0.3 is 0 Å². The number of hydrogen-bond donors (Lipinski definition) is 2. The molecule has 2 unspecified atom stereocenters. The highest BCUT2D eigenvalue weighted by Crippen LogP contribution is 2.27. The van der Waals surface area contributed by atoms with E-state index in [9.17, 15) is 4.79 Å². The summed E-state index contributed by atoms with van der Waals surface area (Å²) in [7, 11) is 0. The summed E-state index contributed by atoms with van der Waals surface area (Å²) in [5, 5.41) is 3.59. The van der Waals surface area contributed by atoms with Gasteiger partial charge in [0.1, 0.15) is 0 Å². The number of hydrogen-bond acceptors (Lipinski definition) is 3. The zero-order chi connectivity index (χ0) is 14.5. The Bertz CT molecular complexity index is 449. The average Bonchev–Trinajstić information content (AvgIpc) is 2.38. The Balaban J connectivity index is 1.93. The molecule has 1 aliphatic rings. The monoisotopic (exact) mass is 295 g/mol. The van der Waals surface area contributed by atoms with Crippen molar-refractivity contribution in [3.8, 4) is 0 Å². The third-order valence-corrected chi connectivity index (χ3v) is 3.95. The maximum absolute atomic E-state index is 10.9. The molecule has 1 amide bonds. The van der Waals surface area contributed by atoms with E-state index < -0.39 is 0 Å². The predicted octanol–water partition coefficient (Wildman–Crippen LogP) is 1.59. The maximum Gasteiger partial charge on any atom is 0.216 e. The Morgan fingerprint density at radius 1 is 1.40 bits per heavy atom. The second-order valence-corrected chi connectivity index (χ2v) is 5.92. The number of rotatable bonds is 4. The highest BCUT2D eigenvalue weighted by Gasteiger charge is 2.25. The van der Waals surface area contributed by atoms with Gasteiger partial charge in [0.15, 0.2) is 0 Å². The van der Waals surface area contributed by atoms with Crippen LogP contribution in [0.4, 0.5) is 0 Å². The lowest BCUT2D eigenvalue weighted by Gasteiger charge is -2.36. The highest BCUT2D eigenvalue weighted by molar-refractivity contribution is 6.30. The fourth-order valence-electron chi connectivity index (χ4n) is 2.78. The maximum atomic E-state index is 10.9. The normalized spacial score (nSPS) is 23.6. The van der Waals surface area contributed by atoms with Crippen molar-refractivity contribution in [2.24, 2.45) is 5.73 Å². The van der Waals surface area contributed by atoms with E-state index >= 15 is 0 Å². The number of piperidine rings is 1. The quantitative estimate of drug-likeness (QED) is 0.887. The fourth-order valence-corrected chi connectivity index (χ4v) is 2.91. The van der Waals surface area contributed by atoms with E-state index in [0.717, 1.165) is 31.1 Å². The van der Waals surface area contributed by atoms with Crippen LogP contribution in [0.3, 0.4) is 0 Å². The molecule has 110 valence electrons. The summed E-state index contributed by atoms with van der Waals surface area (Å²) in [4.78, 5) is 13.2. The van der Waals surface area contributed by atoms with Gasteiger partial charge in [-0.2, -0.15) is 0 Å². The molecule has 1 saturated heterocycles. The molecule has 0 saturated carbocycles. The van der Waals surface area contributed by atoms with E-state index in [1.165, 1.54) is 5.56 Å². The van der Waals surface area contributed by atoms with Crippen molar-refractivity contribution in [3.63, 3.8) is 0 Å². The summed E-state index contributed by atoms with van der Waals surface area (Å²) in [6.45, 7) is 4.93. The van der Waals surface area contributed by atoms with E-state index in [0.29, 0.717) is 12.5 Å². The zero-order valence-electron chi connectivity index (χ0n) is 11.8. The molecule has 2 atom stereocenters. The lowest BCUT2D eigenvalue weighted by Crippen LogP contribution is -2.48. The van der Waals surface area contributed by atoms with Crippen molar-refractivity contribution >= 4 is 17.5 Å². The second-order valence-electron chi connectivity index (χ2n) is 5.49.